The number of aromatic nitrogens is 4. The fraction of sp³-hybridized carbons (Fsp3) is 0.0152. The van der Waals surface area contributed by atoms with Gasteiger partial charge in [-0.1, -0.05) is 158 Å². The van der Waals surface area contributed by atoms with Crippen LogP contribution in [-0.2, 0) is 6.42 Å². The molecule has 11 aromatic carbocycles. The summed E-state index contributed by atoms with van der Waals surface area (Å²) in [5, 5.41) is 14.2. The van der Waals surface area contributed by atoms with Crippen molar-refractivity contribution in [3.05, 3.63) is 229 Å². The van der Waals surface area contributed by atoms with Gasteiger partial charge in [0.15, 0.2) is 11.6 Å². The normalized spacial score (nSPS) is 12.8. The highest BCUT2D eigenvalue weighted by molar-refractivity contribution is 7.26. The molecule has 16 rings (SSSR count). The molecule has 0 N–H and O–H groups in total. The molecule has 6 heteroatoms. The third-order valence-electron chi connectivity index (χ3n) is 15.0. The Morgan fingerprint density at radius 3 is 1.86 bits per heavy atom. The van der Waals surface area contributed by atoms with Crippen LogP contribution in [0.1, 0.15) is 16.7 Å². The van der Waals surface area contributed by atoms with Crippen molar-refractivity contribution in [3.8, 4) is 39.9 Å². The van der Waals surface area contributed by atoms with E-state index in [1.165, 1.54) is 80.3 Å². The van der Waals surface area contributed by atoms with Crippen LogP contribution in [0.25, 0.3) is 148 Å². The second kappa shape index (κ2) is 15.1. The fourth-order valence-electron chi connectivity index (χ4n) is 11.8. The smallest absolute Gasteiger partial charge is 0.238 e. The summed E-state index contributed by atoms with van der Waals surface area (Å²) in [6.07, 6.45) is 3.15. The van der Waals surface area contributed by atoms with E-state index in [1.54, 1.807) is 0 Å². The summed E-state index contributed by atoms with van der Waals surface area (Å²) in [4.78, 5) is 16.7. The third kappa shape index (κ3) is 5.90. The first-order chi connectivity index (χ1) is 35.6. The van der Waals surface area contributed by atoms with E-state index < -0.39 is 0 Å². The van der Waals surface area contributed by atoms with Crippen molar-refractivity contribution in [1.29, 1.82) is 0 Å². The fourth-order valence-corrected chi connectivity index (χ4v) is 12.9. The van der Waals surface area contributed by atoms with Crippen molar-refractivity contribution >= 4 is 119 Å². The predicted molar refractivity (Wildman–Crippen MR) is 301 cm³/mol. The van der Waals surface area contributed by atoms with Gasteiger partial charge in [-0.2, -0.15) is 9.97 Å². The minimum atomic E-state index is 0.548. The summed E-state index contributed by atoms with van der Waals surface area (Å²) in [6, 6.07) is 76.6. The van der Waals surface area contributed by atoms with Gasteiger partial charge in [-0.05, 0) is 133 Å². The van der Waals surface area contributed by atoms with E-state index in [0.29, 0.717) is 24.0 Å². The van der Waals surface area contributed by atoms with Crippen molar-refractivity contribution in [3.63, 3.8) is 0 Å². The number of furan rings is 1. The number of para-hydroxylation sites is 3. The maximum Gasteiger partial charge on any atom is 0.238 e. The highest BCUT2D eigenvalue weighted by atomic mass is 32.1. The minimum absolute atomic E-state index is 0.548. The van der Waals surface area contributed by atoms with E-state index in [1.807, 2.05) is 23.5 Å². The molecule has 334 valence electrons. The van der Waals surface area contributed by atoms with Crippen LogP contribution in [0.15, 0.2) is 217 Å². The zero-order valence-corrected chi connectivity index (χ0v) is 39.4. The van der Waals surface area contributed by atoms with Crippen molar-refractivity contribution in [2.24, 2.45) is 0 Å². The molecule has 0 bridgehead atoms. The Labute approximate surface area is 416 Å². The van der Waals surface area contributed by atoms with Gasteiger partial charge in [-0.15, -0.1) is 11.3 Å². The Hall–Kier alpha value is -9.23. The van der Waals surface area contributed by atoms with Gasteiger partial charge in [0.05, 0.1) is 11.0 Å². The molecule has 0 spiro atoms. The summed E-state index contributed by atoms with van der Waals surface area (Å²) >= 11 is 1.85. The molecular weight excluding hydrogens is 897 g/mol. The van der Waals surface area contributed by atoms with Gasteiger partial charge >= 0.3 is 0 Å². The molecule has 5 nitrogen and oxygen atoms in total. The molecule has 0 saturated carbocycles. The summed E-state index contributed by atoms with van der Waals surface area (Å²) in [5.41, 5.74) is 12.8. The van der Waals surface area contributed by atoms with Gasteiger partial charge in [0.25, 0.3) is 0 Å². The Morgan fingerprint density at radius 1 is 0.417 bits per heavy atom. The van der Waals surface area contributed by atoms with Crippen LogP contribution in [0.3, 0.4) is 0 Å². The Bertz CT molecular complexity index is 4810. The zero-order chi connectivity index (χ0) is 47.0. The van der Waals surface area contributed by atoms with Crippen molar-refractivity contribution in [2.75, 3.05) is 0 Å². The quantitative estimate of drug-likeness (QED) is 0.176. The number of fused-ring (bicyclic) bond motifs is 17. The average molecular weight is 935 g/mol. The number of thiophene rings is 1. The van der Waals surface area contributed by atoms with Crippen LogP contribution in [0.4, 0.5) is 0 Å². The van der Waals surface area contributed by atoms with E-state index in [0.717, 1.165) is 60.4 Å². The molecule has 0 saturated heterocycles. The molecule has 4 heterocycles. The second-order valence-corrected chi connectivity index (χ2v) is 20.2. The lowest BCUT2D eigenvalue weighted by Gasteiger charge is -2.16. The summed E-state index contributed by atoms with van der Waals surface area (Å²) in [7, 11) is 0. The lowest BCUT2D eigenvalue weighted by Crippen LogP contribution is -2.07. The second-order valence-electron chi connectivity index (χ2n) is 19.1. The molecule has 1 aliphatic carbocycles. The molecule has 0 amide bonds. The topological polar surface area (TPSA) is 56.7 Å². The maximum absolute atomic E-state index is 6.50. The number of allylic oxidation sites excluding steroid dienone is 1. The largest absolute Gasteiger partial charge is 0.456 e. The van der Waals surface area contributed by atoms with Gasteiger partial charge in [0.2, 0.25) is 5.95 Å². The Morgan fingerprint density at radius 2 is 1.06 bits per heavy atom. The molecule has 0 unspecified atom stereocenters. The molecule has 15 aromatic rings. The van der Waals surface area contributed by atoms with E-state index in [4.69, 9.17) is 19.4 Å². The molecule has 0 fully saturated rings. The predicted octanol–water partition coefficient (Wildman–Crippen LogP) is 17.8. The first-order valence-corrected chi connectivity index (χ1v) is 25.3. The summed E-state index contributed by atoms with van der Waals surface area (Å²) in [5.74, 6) is 1.71. The maximum atomic E-state index is 6.50. The highest BCUT2D eigenvalue weighted by Gasteiger charge is 2.26. The minimum Gasteiger partial charge on any atom is -0.456 e. The Balaban J connectivity index is 1.02. The number of hydrogen-bond donors (Lipinski definition) is 0. The zero-order valence-electron chi connectivity index (χ0n) is 38.6. The van der Waals surface area contributed by atoms with E-state index >= 15 is 0 Å². The Kier molecular flexibility index (Phi) is 8.32. The van der Waals surface area contributed by atoms with Crippen molar-refractivity contribution < 1.29 is 4.42 Å². The lowest BCUT2D eigenvalue weighted by atomic mass is 9.88. The SMILES string of the molecule is C1=C(c2cc3sc4ccc5ccccc5c4c3cc2-c2nc(-c3ccc4c(c3)oc3ccccc34)nc(-n3c4ccccc4c4ccccc43)n2)Cc2ccc3ccccc3c2-c2cc3ccccc3cc21. The monoisotopic (exact) mass is 934 g/mol. The average Bonchev–Trinajstić information content (AvgIpc) is 4.07. The third-order valence-corrected chi connectivity index (χ3v) is 16.2. The first-order valence-electron chi connectivity index (χ1n) is 24.4. The summed E-state index contributed by atoms with van der Waals surface area (Å²) < 4.78 is 11.2. The van der Waals surface area contributed by atoms with Crippen LogP contribution in [0, 0.1) is 0 Å². The molecule has 4 aromatic heterocycles. The van der Waals surface area contributed by atoms with Gasteiger partial charge in [-0.25, -0.2) is 4.98 Å². The molecule has 1 aliphatic rings. The van der Waals surface area contributed by atoms with Crippen molar-refractivity contribution in [2.45, 2.75) is 6.42 Å². The van der Waals surface area contributed by atoms with Crippen LogP contribution in [0.5, 0.6) is 0 Å². The van der Waals surface area contributed by atoms with Crippen LogP contribution < -0.4 is 0 Å². The number of hydrogen-bond acceptors (Lipinski definition) is 5. The van der Waals surface area contributed by atoms with Crippen LogP contribution >= 0.6 is 11.3 Å². The van der Waals surface area contributed by atoms with E-state index in [9.17, 15) is 0 Å². The van der Waals surface area contributed by atoms with Crippen LogP contribution in [-0.4, -0.2) is 19.5 Å². The lowest BCUT2D eigenvalue weighted by molar-refractivity contribution is 0.669. The number of nitrogens with zero attached hydrogens (tertiary/aromatic N) is 4. The molecule has 0 aliphatic heterocycles. The number of rotatable bonds is 4. The van der Waals surface area contributed by atoms with Gasteiger partial charge < -0.3 is 4.42 Å². The standard InChI is InChI=1S/C66H38N4OS/c1-2-16-41-34-53-45(31-40(41)15-1)33-44(32-42-26-25-38-13-3-5-17-46(38)62(42)53)52-37-61-55(63-47-18-6-4-14-39(47)28-30-60(63)72-61)36-54(52)65-67-64(43-27-29-51-50-21-9-12-24-58(50)71-59(51)35-43)68-66(69-65)70-56-22-10-7-19-48(56)49-20-8-11-23-57(49)70/h1-31,33-37H,32H2. The van der Waals surface area contributed by atoms with Crippen molar-refractivity contribution in [1.82, 2.24) is 19.5 Å². The molecule has 0 atom stereocenters. The van der Waals surface area contributed by atoms with E-state index in [-0.39, 0.29) is 0 Å². The molecular formula is C66H38N4OS. The first kappa shape index (κ1) is 39.6. The van der Waals surface area contributed by atoms with Gasteiger partial charge in [-0.3, -0.25) is 4.57 Å². The summed E-state index contributed by atoms with van der Waals surface area (Å²) in [6.45, 7) is 0. The van der Waals surface area contributed by atoms with E-state index in [2.05, 4.69) is 211 Å². The molecule has 72 heavy (non-hydrogen) atoms. The number of benzene rings is 11. The highest BCUT2D eigenvalue weighted by Crippen LogP contribution is 2.47. The van der Waals surface area contributed by atoms with Gasteiger partial charge in [0.1, 0.15) is 11.2 Å². The van der Waals surface area contributed by atoms with Gasteiger partial charge in [0, 0.05) is 52.8 Å². The molecule has 0 radical (unpaired) electrons. The van der Waals surface area contributed by atoms with Crippen LogP contribution in [0.2, 0.25) is 0 Å².